The van der Waals surface area contributed by atoms with E-state index in [2.05, 4.69) is 10.00 Å². The van der Waals surface area contributed by atoms with Crippen LogP contribution in [-0.2, 0) is 11.3 Å². The van der Waals surface area contributed by atoms with Gasteiger partial charge in [-0.2, -0.15) is 5.10 Å². The molecular weight excluding hydrogens is 326 g/mol. The number of ether oxygens (including phenoxy) is 1. The molecule has 6 heteroatoms. The van der Waals surface area contributed by atoms with Gasteiger partial charge in [0.05, 0.1) is 25.4 Å². The summed E-state index contributed by atoms with van der Waals surface area (Å²) in [6, 6.07) is 10.1. The second kappa shape index (κ2) is 8.62. The number of benzene rings is 1. The Morgan fingerprint density at radius 1 is 1.25 bits per heavy atom. The number of nitrogens with zero attached hydrogens (tertiary/aromatic N) is 3. The Kier molecular flexibility index (Phi) is 6.26. The minimum Gasteiger partial charge on any atom is -0.389 e. The largest absolute Gasteiger partial charge is 0.389 e. The second-order valence-electron chi connectivity index (χ2n) is 6.28. The molecule has 0 bridgehead atoms. The summed E-state index contributed by atoms with van der Waals surface area (Å²) in [7, 11) is 0. The SMILES string of the molecule is OC(COCc1ccccc1Cl)CN1CCC(n2cccn2)CC1. The first-order chi connectivity index (χ1) is 11.7. The Morgan fingerprint density at radius 2 is 2.04 bits per heavy atom. The molecule has 0 spiro atoms. The Morgan fingerprint density at radius 3 is 2.75 bits per heavy atom. The molecule has 0 aliphatic carbocycles. The van der Waals surface area contributed by atoms with E-state index >= 15 is 0 Å². The number of aliphatic hydroxyl groups excluding tert-OH is 1. The molecule has 2 heterocycles. The van der Waals surface area contributed by atoms with Crippen molar-refractivity contribution in [2.75, 3.05) is 26.2 Å². The van der Waals surface area contributed by atoms with Gasteiger partial charge in [0.25, 0.3) is 0 Å². The molecule has 130 valence electrons. The summed E-state index contributed by atoms with van der Waals surface area (Å²) in [6.45, 7) is 3.36. The summed E-state index contributed by atoms with van der Waals surface area (Å²) >= 11 is 6.09. The number of aliphatic hydroxyl groups is 1. The molecule has 0 radical (unpaired) electrons. The van der Waals surface area contributed by atoms with Gasteiger partial charge in [-0.15, -0.1) is 0 Å². The van der Waals surface area contributed by atoms with Crippen molar-refractivity contribution in [2.24, 2.45) is 0 Å². The first kappa shape index (κ1) is 17.4. The maximum atomic E-state index is 10.2. The van der Waals surface area contributed by atoms with E-state index in [0.29, 0.717) is 30.8 Å². The number of hydrogen-bond acceptors (Lipinski definition) is 4. The Bertz CT molecular complexity index is 612. The van der Waals surface area contributed by atoms with Crippen LogP contribution in [-0.4, -0.2) is 52.1 Å². The van der Waals surface area contributed by atoms with Gasteiger partial charge in [-0.3, -0.25) is 4.68 Å². The predicted octanol–water partition coefficient (Wildman–Crippen LogP) is 2.75. The van der Waals surface area contributed by atoms with Crippen LogP contribution in [0.3, 0.4) is 0 Å². The summed E-state index contributed by atoms with van der Waals surface area (Å²) in [5.74, 6) is 0. The number of likely N-dealkylation sites (tertiary alicyclic amines) is 1. The van der Waals surface area contributed by atoms with E-state index in [-0.39, 0.29) is 0 Å². The summed E-state index contributed by atoms with van der Waals surface area (Å²) in [4.78, 5) is 2.30. The highest BCUT2D eigenvalue weighted by molar-refractivity contribution is 6.31. The minimum atomic E-state index is -0.478. The third-order valence-corrected chi connectivity index (χ3v) is 4.82. The third-order valence-electron chi connectivity index (χ3n) is 4.45. The van der Waals surface area contributed by atoms with Crippen LogP contribution in [0.5, 0.6) is 0 Å². The standard InChI is InChI=1S/C18H24ClN3O2/c19-18-5-2-1-4-15(18)13-24-14-17(23)12-21-10-6-16(7-11-21)22-9-3-8-20-22/h1-5,8-9,16-17,23H,6-7,10-14H2. The molecule has 1 aliphatic rings. The molecule has 0 saturated carbocycles. The summed E-state index contributed by atoms with van der Waals surface area (Å²) in [5, 5.41) is 15.2. The average molecular weight is 350 g/mol. The van der Waals surface area contributed by atoms with E-state index in [1.165, 1.54) is 0 Å². The third kappa shape index (κ3) is 4.80. The lowest BCUT2D eigenvalue weighted by Gasteiger charge is -2.33. The van der Waals surface area contributed by atoms with Gasteiger partial charge in [-0.05, 0) is 30.5 Å². The molecule has 1 N–H and O–H groups in total. The molecule has 1 saturated heterocycles. The van der Waals surface area contributed by atoms with E-state index < -0.39 is 6.10 Å². The van der Waals surface area contributed by atoms with E-state index in [9.17, 15) is 5.11 Å². The lowest BCUT2D eigenvalue weighted by atomic mass is 10.1. The van der Waals surface area contributed by atoms with E-state index in [4.69, 9.17) is 16.3 Å². The van der Waals surface area contributed by atoms with Gasteiger partial charge in [-0.25, -0.2) is 0 Å². The van der Waals surface area contributed by atoms with E-state index in [0.717, 1.165) is 31.5 Å². The van der Waals surface area contributed by atoms with Crippen molar-refractivity contribution in [2.45, 2.75) is 31.6 Å². The van der Waals surface area contributed by atoms with Crippen molar-refractivity contribution < 1.29 is 9.84 Å². The zero-order valence-corrected chi connectivity index (χ0v) is 14.5. The quantitative estimate of drug-likeness (QED) is 0.835. The van der Waals surface area contributed by atoms with Crippen LogP contribution in [0.25, 0.3) is 0 Å². The van der Waals surface area contributed by atoms with Crippen molar-refractivity contribution in [1.29, 1.82) is 0 Å². The number of β-amino-alcohol motifs (C(OH)–C–C–N with tert-alkyl or cyclic N) is 1. The van der Waals surface area contributed by atoms with Crippen LogP contribution in [0.4, 0.5) is 0 Å². The molecule has 1 fully saturated rings. The molecule has 1 aromatic heterocycles. The van der Waals surface area contributed by atoms with E-state index in [1.807, 2.05) is 47.4 Å². The first-order valence-corrected chi connectivity index (χ1v) is 8.81. The topological polar surface area (TPSA) is 50.5 Å². The monoisotopic (exact) mass is 349 g/mol. The molecule has 1 aromatic carbocycles. The fourth-order valence-electron chi connectivity index (χ4n) is 3.13. The Balaban J connectivity index is 1.35. The molecule has 1 aliphatic heterocycles. The lowest BCUT2D eigenvalue weighted by Crippen LogP contribution is -2.40. The van der Waals surface area contributed by atoms with Gasteiger partial charge in [0.2, 0.25) is 0 Å². The fourth-order valence-corrected chi connectivity index (χ4v) is 3.32. The van der Waals surface area contributed by atoms with Crippen LogP contribution < -0.4 is 0 Å². The van der Waals surface area contributed by atoms with Crippen molar-refractivity contribution in [3.05, 3.63) is 53.3 Å². The molecule has 0 amide bonds. The number of piperidine rings is 1. The normalized spacial score (nSPS) is 17.9. The lowest BCUT2D eigenvalue weighted by molar-refractivity contribution is 0.00461. The molecule has 5 nitrogen and oxygen atoms in total. The Labute approximate surface area is 147 Å². The van der Waals surface area contributed by atoms with Crippen LogP contribution >= 0.6 is 11.6 Å². The maximum Gasteiger partial charge on any atom is 0.0900 e. The highest BCUT2D eigenvalue weighted by Gasteiger charge is 2.22. The fraction of sp³-hybridized carbons (Fsp3) is 0.500. The van der Waals surface area contributed by atoms with Crippen molar-refractivity contribution in [1.82, 2.24) is 14.7 Å². The molecule has 3 rings (SSSR count). The first-order valence-electron chi connectivity index (χ1n) is 8.43. The number of aromatic nitrogens is 2. The van der Waals surface area contributed by atoms with Crippen LogP contribution in [0.15, 0.2) is 42.7 Å². The predicted molar refractivity (Wildman–Crippen MR) is 94.1 cm³/mol. The smallest absolute Gasteiger partial charge is 0.0900 e. The Hall–Kier alpha value is -1.40. The van der Waals surface area contributed by atoms with Gasteiger partial charge in [0, 0.05) is 37.1 Å². The average Bonchev–Trinajstić information content (AvgIpc) is 3.12. The van der Waals surface area contributed by atoms with Crippen LogP contribution in [0.2, 0.25) is 5.02 Å². The van der Waals surface area contributed by atoms with Gasteiger partial charge >= 0.3 is 0 Å². The molecule has 1 atom stereocenters. The zero-order valence-electron chi connectivity index (χ0n) is 13.7. The summed E-state index contributed by atoms with van der Waals surface area (Å²) in [5.41, 5.74) is 0.950. The number of halogens is 1. The molecule has 2 aromatic rings. The van der Waals surface area contributed by atoms with Crippen molar-refractivity contribution in [3.63, 3.8) is 0 Å². The van der Waals surface area contributed by atoms with Gasteiger partial charge in [0.15, 0.2) is 0 Å². The maximum absolute atomic E-state index is 10.2. The highest BCUT2D eigenvalue weighted by Crippen LogP contribution is 2.21. The number of hydrogen-bond donors (Lipinski definition) is 1. The molecular formula is C18H24ClN3O2. The molecule has 1 unspecified atom stereocenters. The minimum absolute atomic E-state index is 0.324. The highest BCUT2D eigenvalue weighted by atomic mass is 35.5. The summed E-state index contributed by atoms with van der Waals surface area (Å²) < 4.78 is 7.65. The summed E-state index contributed by atoms with van der Waals surface area (Å²) in [6.07, 6.45) is 5.50. The van der Waals surface area contributed by atoms with Crippen LogP contribution in [0, 0.1) is 0 Å². The van der Waals surface area contributed by atoms with Crippen molar-refractivity contribution in [3.8, 4) is 0 Å². The van der Waals surface area contributed by atoms with Gasteiger partial charge < -0.3 is 14.7 Å². The van der Waals surface area contributed by atoms with Gasteiger partial charge in [0.1, 0.15) is 0 Å². The van der Waals surface area contributed by atoms with Crippen molar-refractivity contribution >= 4 is 11.6 Å². The second-order valence-corrected chi connectivity index (χ2v) is 6.69. The number of rotatable bonds is 7. The van der Waals surface area contributed by atoms with Gasteiger partial charge in [-0.1, -0.05) is 29.8 Å². The molecule has 24 heavy (non-hydrogen) atoms. The van der Waals surface area contributed by atoms with Crippen LogP contribution in [0.1, 0.15) is 24.4 Å². The van der Waals surface area contributed by atoms with E-state index in [1.54, 1.807) is 0 Å². The zero-order chi connectivity index (χ0) is 16.8.